The van der Waals surface area contributed by atoms with Crippen LogP contribution in [0.2, 0.25) is 0 Å². The van der Waals surface area contributed by atoms with Gasteiger partial charge in [-0.1, -0.05) is 25.3 Å². The topological polar surface area (TPSA) is 54.9 Å². The van der Waals surface area contributed by atoms with Crippen molar-refractivity contribution in [3.63, 3.8) is 0 Å². The Balaban J connectivity index is 2.38. The quantitative estimate of drug-likeness (QED) is 0.833. The van der Waals surface area contributed by atoms with E-state index in [1.54, 1.807) is 17.7 Å². The van der Waals surface area contributed by atoms with Crippen molar-refractivity contribution < 1.29 is 0 Å². The molecule has 4 nitrogen and oxygen atoms in total. The Hall–Kier alpha value is -1.58. The average Bonchev–Trinajstić information content (AvgIpc) is 2.38. The standard InChI is InChI=1S/C14H20N2O2/c1-3-12(11-7-5-4-6-8-11)16-9-10(2)13(17)15-14(16)18/h3,9,11-12H,1,4-8H2,2H3,(H,15,17,18). The highest BCUT2D eigenvalue weighted by atomic mass is 16.2. The SMILES string of the molecule is C=CC(C1CCCCC1)n1cc(C)c(=O)[nH]c1=O. The molecule has 0 spiro atoms. The number of nitrogens with zero attached hydrogens (tertiary/aromatic N) is 1. The first-order valence-corrected chi connectivity index (χ1v) is 6.58. The van der Waals surface area contributed by atoms with Crippen molar-refractivity contribution in [1.82, 2.24) is 9.55 Å². The lowest BCUT2D eigenvalue weighted by Gasteiger charge is -2.29. The Morgan fingerprint density at radius 2 is 2.06 bits per heavy atom. The molecule has 0 aromatic carbocycles. The van der Waals surface area contributed by atoms with Crippen molar-refractivity contribution >= 4 is 0 Å². The Morgan fingerprint density at radius 3 is 2.67 bits per heavy atom. The molecule has 0 saturated heterocycles. The molecule has 0 aliphatic heterocycles. The largest absolute Gasteiger partial charge is 0.328 e. The van der Waals surface area contributed by atoms with Crippen LogP contribution >= 0.6 is 0 Å². The summed E-state index contributed by atoms with van der Waals surface area (Å²) >= 11 is 0. The number of rotatable bonds is 3. The molecule has 1 aliphatic rings. The van der Waals surface area contributed by atoms with Gasteiger partial charge in [-0.05, 0) is 25.7 Å². The normalized spacial score (nSPS) is 18.5. The summed E-state index contributed by atoms with van der Waals surface area (Å²) in [6.45, 7) is 5.57. The summed E-state index contributed by atoms with van der Waals surface area (Å²) in [7, 11) is 0. The van der Waals surface area contributed by atoms with Crippen LogP contribution in [0.25, 0.3) is 0 Å². The maximum Gasteiger partial charge on any atom is 0.328 e. The third-order valence-electron chi connectivity index (χ3n) is 3.84. The van der Waals surface area contributed by atoms with Gasteiger partial charge >= 0.3 is 5.69 Å². The van der Waals surface area contributed by atoms with Crippen LogP contribution in [0.1, 0.15) is 43.7 Å². The molecule has 1 aromatic rings. The van der Waals surface area contributed by atoms with E-state index in [0.717, 1.165) is 12.8 Å². The van der Waals surface area contributed by atoms with Gasteiger partial charge in [0.2, 0.25) is 0 Å². The fourth-order valence-electron chi connectivity index (χ4n) is 2.82. The minimum Gasteiger partial charge on any atom is -0.293 e. The zero-order valence-electron chi connectivity index (χ0n) is 10.8. The maximum atomic E-state index is 11.9. The lowest BCUT2D eigenvalue weighted by molar-refractivity contribution is 0.279. The van der Waals surface area contributed by atoms with Gasteiger partial charge in [-0.2, -0.15) is 0 Å². The van der Waals surface area contributed by atoms with Gasteiger partial charge in [-0.15, -0.1) is 6.58 Å². The number of H-pyrrole nitrogens is 1. The van der Waals surface area contributed by atoms with E-state index in [2.05, 4.69) is 11.6 Å². The second kappa shape index (κ2) is 5.38. The van der Waals surface area contributed by atoms with E-state index in [9.17, 15) is 9.59 Å². The Morgan fingerprint density at radius 1 is 1.39 bits per heavy atom. The Bertz CT molecular complexity index is 535. The van der Waals surface area contributed by atoms with Crippen LogP contribution in [-0.4, -0.2) is 9.55 Å². The van der Waals surface area contributed by atoms with Gasteiger partial charge in [0.1, 0.15) is 0 Å². The molecular weight excluding hydrogens is 228 g/mol. The van der Waals surface area contributed by atoms with Crippen molar-refractivity contribution in [1.29, 1.82) is 0 Å². The van der Waals surface area contributed by atoms with Crippen LogP contribution in [0.15, 0.2) is 28.4 Å². The molecule has 1 fully saturated rings. The molecule has 0 amide bonds. The van der Waals surface area contributed by atoms with E-state index in [4.69, 9.17) is 0 Å². The van der Waals surface area contributed by atoms with Crippen LogP contribution < -0.4 is 11.2 Å². The fourth-order valence-corrected chi connectivity index (χ4v) is 2.82. The Kier molecular flexibility index (Phi) is 3.84. The fraction of sp³-hybridized carbons (Fsp3) is 0.571. The molecule has 0 bridgehead atoms. The Labute approximate surface area is 106 Å². The van der Waals surface area contributed by atoms with Crippen molar-refractivity contribution in [3.05, 3.63) is 45.3 Å². The lowest BCUT2D eigenvalue weighted by atomic mass is 9.84. The third-order valence-corrected chi connectivity index (χ3v) is 3.84. The molecule has 1 heterocycles. The number of allylic oxidation sites excluding steroid dienone is 1. The van der Waals surface area contributed by atoms with Crippen molar-refractivity contribution in [2.75, 3.05) is 0 Å². The van der Waals surface area contributed by atoms with Crippen molar-refractivity contribution in [2.24, 2.45) is 5.92 Å². The predicted molar refractivity (Wildman–Crippen MR) is 71.9 cm³/mol. The third kappa shape index (κ3) is 2.47. The molecule has 1 atom stereocenters. The van der Waals surface area contributed by atoms with E-state index < -0.39 is 0 Å². The molecular formula is C14H20N2O2. The van der Waals surface area contributed by atoms with Gasteiger partial charge in [0.25, 0.3) is 5.56 Å². The summed E-state index contributed by atoms with van der Waals surface area (Å²) < 4.78 is 1.62. The first-order chi connectivity index (χ1) is 8.63. The predicted octanol–water partition coefficient (Wildman–Crippen LogP) is 2.15. The monoisotopic (exact) mass is 248 g/mol. The number of nitrogens with one attached hydrogen (secondary N) is 1. The van der Waals surface area contributed by atoms with Crippen LogP contribution in [-0.2, 0) is 0 Å². The highest BCUT2D eigenvalue weighted by Gasteiger charge is 2.23. The number of aryl methyl sites for hydroxylation is 1. The van der Waals surface area contributed by atoms with E-state index in [0.29, 0.717) is 11.5 Å². The van der Waals surface area contributed by atoms with E-state index >= 15 is 0 Å². The van der Waals surface area contributed by atoms with Crippen molar-refractivity contribution in [2.45, 2.75) is 45.1 Å². The highest BCUT2D eigenvalue weighted by molar-refractivity contribution is 5.04. The number of hydrogen-bond acceptors (Lipinski definition) is 2. The zero-order valence-corrected chi connectivity index (χ0v) is 10.8. The molecule has 1 N–H and O–H groups in total. The second-order valence-corrected chi connectivity index (χ2v) is 5.10. The smallest absolute Gasteiger partial charge is 0.293 e. The molecule has 1 saturated carbocycles. The van der Waals surface area contributed by atoms with Crippen LogP contribution in [0.5, 0.6) is 0 Å². The van der Waals surface area contributed by atoms with Gasteiger partial charge in [-0.3, -0.25) is 14.3 Å². The molecule has 4 heteroatoms. The molecule has 98 valence electrons. The summed E-state index contributed by atoms with van der Waals surface area (Å²) in [6.07, 6.45) is 9.44. The minimum absolute atomic E-state index is 0.00616. The van der Waals surface area contributed by atoms with Crippen LogP contribution in [0.3, 0.4) is 0 Å². The van der Waals surface area contributed by atoms with Crippen molar-refractivity contribution in [3.8, 4) is 0 Å². The molecule has 1 aromatic heterocycles. The molecule has 2 rings (SSSR count). The number of hydrogen-bond donors (Lipinski definition) is 1. The summed E-state index contributed by atoms with van der Waals surface area (Å²) in [6, 6.07) is -0.00616. The highest BCUT2D eigenvalue weighted by Crippen LogP contribution is 2.32. The second-order valence-electron chi connectivity index (χ2n) is 5.10. The number of aromatic nitrogens is 2. The van der Waals surface area contributed by atoms with Gasteiger partial charge in [0.15, 0.2) is 0 Å². The summed E-state index contributed by atoms with van der Waals surface area (Å²) in [5, 5.41) is 0. The first-order valence-electron chi connectivity index (χ1n) is 6.58. The summed E-state index contributed by atoms with van der Waals surface area (Å²) in [5.41, 5.74) is -0.0685. The van der Waals surface area contributed by atoms with Gasteiger partial charge < -0.3 is 0 Å². The van der Waals surface area contributed by atoms with E-state index in [1.165, 1.54) is 19.3 Å². The molecule has 1 unspecified atom stereocenters. The lowest BCUT2D eigenvalue weighted by Crippen LogP contribution is -2.35. The van der Waals surface area contributed by atoms with Crippen LogP contribution in [0.4, 0.5) is 0 Å². The average molecular weight is 248 g/mol. The van der Waals surface area contributed by atoms with E-state index in [1.807, 2.05) is 6.08 Å². The van der Waals surface area contributed by atoms with Crippen LogP contribution in [0, 0.1) is 12.8 Å². The molecule has 0 radical (unpaired) electrons. The minimum atomic E-state index is -0.332. The van der Waals surface area contributed by atoms with Gasteiger partial charge in [0, 0.05) is 11.8 Å². The summed E-state index contributed by atoms with van der Waals surface area (Å²) in [4.78, 5) is 25.6. The maximum absolute atomic E-state index is 11.9. The zero-order chi connectivity index (χ0) is 13.1. The molecule has 18 heavy (non-hydrogen) atoms. The first kappa shape index (κ1) is 12.9. The summed E-state index contributed by atoms with van der Waals surface area (Å²) in [5.74, 6) is 0.458. The number of aromatic amines is 1. The van der Waals surface area contributed by atoms with Gasteiger partial charge in [0.05, 0.1) is 6.04 Å². The molecule has 1 aliphatic carbocycles. The van der Waals surface area contributed by atoms with E-state index in [-0.39, 0.29) is 17.3 Å². The van der Waals surface area contributed by atoms with Gasteiger partial charge in [-0.25, -0.2) is 4.79 Å².